The summed E-state index contributed by atoms with van der Waals surface area (Å²) in [5.74, 6) is -0.589. The third-order valence-corrected chi connectivity index (χ3v) is 4.24. The first-order valence-electron chi connectivity index (χ1n) is 5.72. The fourth-order valence-electron chi connectivity index (χ4n) is 1.79. The second-order valence-electron chi connectivity index (χ2n) is 4.29. The van der Waals surface area contributed by atoms with E-state index < -0.39 is 9.84 Å². The molecule has 4 nitrogen and oxygen atoms in total. The molecule has 0 saturated heterocycles. The van der Waals surface area contributed by atoms with Crippen LogP contribution < -0.4 is 0 Å². The fraction of sp³-hybridized carbons (Fsp3) is 0.143. The summed E-state index contributed by atoms with van der Waals surface area (Å²) < 4.78 is 24.1. The molecule has 0 aliphatic heterocycles. The van der Waals surface area contributed by atoms with E-state index >= 15 is 0 Å². The largest absolute Gasteiger partial charge is 0.508 e. The van der Waals surface area contributed by atoms with Gasteiger partial charge in [0.05, 0.1) is 11.5 Å². The van der Waals surface area contributed by atoms with Crippen LogP contribution >= 0.6 is 0 Å². The molecule has 0 aromatic heterocycles. The van der Waals surface area contributed by atoms with Crippen LogP contribution in [0.3, 0.4) is 0 Å². The highest BCUT2D eigenvalue weighted by atomic mass is 32.2. The molecule has 2 N–H and O–H groups in total. The summed E-state index contributed by atoms with van der Waals surface area (Å²) in [6, 6.07) is 12.6. The van der Waals surface area contributed by atoms with Crippen LogP contribution in [0.4, 0.5) is 0 Å². The van der Waals surface area contributed by atoms with Crippen LogP contribution in [-0.4, -0.2) is 18.6 Å². The number of aromatic hydroxyl groups is 2. The number of sulfone groups is 1. The Morgan fingerprint density at radius 3 is 1.47 bits per heavy atom. The molecule has 0 unspecified atom stereocenters. The molecule has 0 atom stereocenters. The summed E-state index contributed by atoms with van der Waals surface area (Å²) in [6.07, 6.45) is 0. The average molecular weight is 278 g/mol. The number of rotatable bonds is 4. The third-order valence-electron chi connectivity index (χ3n) is 2.73. The molecule has 0 amide bonds. The van der Waals surface area contributed by atoms with Crippen molar-refractivity contribution in [1.82, 2.24) is 0 Å². The van der Waals surface area contributed by atoms with Crippen molar-refractivity contribution in [1.29, 1.82) is 0 Å². The Morgan fingerprint density at radius 1 is 0.737 bits per heavy atom. The van der Waals surface area contributed by atoms with Gasteiger partial charge in [-0.1, -0.05) is 36.4 Å². The molecule has 5 heteroatoms. The maximum Gasteiger partial charge on any atom is 0.158 e. The topological polar surface area (TPSA) is 74.6 Å². The van der Waals surface area contributed by atoms with Gasteiger partial charge in [-0.25, -0.2) is 8.42 Å². The minimum Gasteiger partial charge on any atom is -0.508 e. The Bertz CT molecular complexity index is 624. The first-order chi connectivity index (χ1) is 8.98. The van der Waals surface area contributed by atoms with E-state index in [1.165, 1.54) is 12.1 Å². The zero-order valence-electron chi connectivity index (χ0n) is 10.2. The van der Waals surface area contributed by atoms with Gasteiger partial charge in [-0.3, -0.25) is 0 Å². The standard InChI is InChI=1S/C14H14O4S/c15-13-7-3-1-5-11(13)9-19(17,18)10-12-6-2-4-8-14(12)16/h1-8,15-16H,9-10H2. The van der Waals surface area contributed by atoms with Crippen molar-refractivity contribution < 1.29 is 18.6 Å². The minimum atomic E-state index is -3.45. The number of hydrogen-bond acceptors (Lipinski definition) is 4. The van der Waals surface area contributed by atoms with Gasteiger partial charge in [0.2, 0.25) is 0 Å². The van der Waals surface area contributed by atoms with E-state index in [-0.39, 0.29) is 23.0 Å². The molecular weight excluding hydrogens is 264 g/mol. The predicted octanol–water partition coefficient (Wildman–Crippen LogP) is 2.21. The lowest BCUT2D eigenvalue weighted by Crippen LogP contribution is -2.08. The van der Waals surface area contributed by atoms with E-state index in [0.29, 0.717) is 11.1 Å². The first-order valence-corrected chi connectivity index (χ1v) is 7.54. The van der Waals surface area contributed by atoms with Gasteiger partial charge in [0.25, 0.3) is 0 Å². The van der Waals surface area contributed by atoms with Crippen LogP contribution in [0.1, 0.15) is 11.1 Å². The van der Waals surface area contributed by atoms with E-state index in [1.807, 2.05) is 0 Å². The molecule has 2 aromatic rings. The van der Waals surface area contributed by atoms with Crippen LogP contribution in [0, 0.1) is 0 Å². The molecule has 0 aliphatic carbocycles. The van der Waals surface area contributed by atoms with Crippen LogP contribution in [0.15, 0.2) is 48.5 Å². The van der Waals surface area contributed by atoms with Gasteiger partial charge in [-0.15, -0.1) is 0 Å². The second-order valence-corrected chi connectivity index (χ2v) is 6.35. The third kappa shape index (κ3) is 3.48. The Morgan fingerprint density at radius 2 is 1.11 bits per heavy atom. The van der Waals surface area contributed by atoms with Crippen molar-refractivity contribution >= 4 is 9.84 Å². The molecule has 100 valence electrons. The number of hydrogen-bond donors (Lipinski definition) is 2. The van der Waals surface area contributed by atoms with E-state index in [2.05, 4.69) is 0 Å². The smallest absolute Gasteiger partial charge is 0.158 e. The minimum absolute atomic E-state index is 0.0386. The van der Waals surface area contributed by atoms with Crippen molar-refractivity contribution in [2.45, 2.75) is 11.5 Å². The highest BCUT2D eigenvalue weighted by Gasteiger charge is 2.16. The van der Waals surface area contributed by atoms with E-state index in [9.17, 15) is 18.6 Å². The highest BCUT2D eigenvalue weighted by molar-refractivity contribution is 7.89. The summed E-state index contributed by atoms with van der Waals surface area (Å²) in [5.41, 5.74) is 0.718. The van der Waals surface area contributed by atoms with Crippen LogP contribution in [0.2, 0.25) is 0 Å². The summed E-state index contributed by atoms with van der Waals surface area (Å²) in [5, 5.41) is 19.2. The fourth-order valence-corrected chi connectivity index (χ4v) is 3.33. The number of para-hydroxylation sites is 2. The number of phenols is 2. The summed E-state index contributed by atoms with van der Waals surface area (Å²) in [6.45, 7) is 0. The molecule has 0 aliphatic rings. The lowest BCUT2D eigenvalue weighted by Gasteiger charge is -2.07. The van der Waals surface area contributed by atoms with E-state index in [1.54, 1.807) is 36.4 Å². The Labute approximate surface area is 111 Å². The zero-order chi connectivity index (χ0) is 13.9. The monoisotopic (exact) mass is 278 g/mol. The molecule has 0 radical (unpaired) electrons. The Hall–Kier alpha value is -2.01. The SMILES string of the molecule is O=S(=O)(Cc1ccccc1O)Cc1ccccc1O. The van der Waals surface area contributed by atoms with Crippen LogP contribution in [-0.2, 0) is 21.3 Å². The number of phenolic OH excluding ortho intramolecular Hbond substituents is 2. The van der Waals surface area contributed by atoms with Gasteiger partial charge in [0.15, 0.2) is 9.84 Å². The van der Waals surface area contributed by atoms with Gasteiger partial charge in [0.1, 0.15) is 11.5 Å². The molecule has 0 spiro atoms. The molecule has 0 heterocycles. The zero-order valence-corrected chi connectivity index (χ0v) is 11.0. The summed E-state index contributed by atoms with van der Waals surface area (Å²) in [7, 11) is -3.45. The lowest BCUT2D eigenvalue weighted by atomic mass is 10.2. The maximum atomic E-state index is 12.1. The second kappa shape index (κ2) is 5.32. The average Bonchev–Trinajstić information content (AvgIpc) is 2.35. The van der Waals surface area contributed by atoms with Crippen molar-refractivity contribution in [3.63, 3.8) is 0 Å². The molecule has 0 fully saturated rings. The van der Waals surface area contributed by atoms with Crippen molar-refractivity contribution in [3.8, 4) is 11.5 Å². The molecule has 2 aromatic carbocycles. The van der Waals surface area contributed by atoms with Gasteiger partial charge in [-0.05, 0) is 12.1 Å². The number of benzene rings is 2. The Balaban J connectivity index is 2.21. The lowest BCUT2D eigenvalue weighted by molar-refractivity contribution is 0.468. The van der Waals surface area contributed by atoms with Gasteiger partial charge in [-0.2, -0.15) is 0 Å². The van der Waals surface area contributed by atoms with Crippen molar-refractivity contribution in [3.05, 3.63) is 59.7 Å². The van der Waals surface area contributed by atoms with Gasteiger partial charge < -0.3 is 10.2 Å². The summed E-state index contributed by atoms with van der Waals surface area (Å²) >= 11 is 0. The quantitative estimate of drug-likeness (QED) is 0.899. The van der Waals surface area contributed by atoms with Crippen LogP contribution in [0.25, 0.3) is 0 Å². The van der Waals surface area contributed by atoms with E-state index in [4.69, 9.17) is 0 Å². The predicted molar refractivity (Wildman–Crippen MR) is 72.5 cm³/mol. The maximum absolute atomic E-state index is 12.1. The normalized spacial score (nSPS) is 11.4. The van der Waals surface area contributed by atoms with Gasteiger partial charge in [0, 0.05) is 11.1 Å². The first kappa shape index (κ1) is 13.4. The van der Waals surface area contributed by atoms with Crippen LogP contribution in [0.5, 0.6) is 11.5 Å². The molecule has 2 rings (SSSR count). The van der Waals surface area contributed by atoms with Crippen molar-refractivity contribution in [2.24, 2.45) is 0 Å². The Kier molecular flexibility index (Phi) is 3.76. The van der Waals surface area contributed by atoms with E-state index in [0.717, 1.165) is 0 Å². The highest BCUT2D eigenvalue weighted by Crippen LogP contribution is 2.23. The molecule has 0 saturated carbocycles. The van der Waals surface area contributed by atoms with Crippen molar-refractivity contribution in [2.75, 3.05) is 0 Å². The summed E-state index contributed by atoms with van der Waals surface area (Å²) in [4.78, 5) is 0. The van der Waals surface area contributed by atoms with Gasteiger partial charge >= 0.3 is 0 Å². The molecule has 19 heavy (non-hydrogen) atoms. The molecular formula is C14H14O4S. The molecule has 0 bridgehead atoms.